The third-order valence-corrected chi connectivity index (χ3v) is 8.40. The van der Waals surface area contributed by atoms with Crippen LogP contribution in [-0.2, 0) is 22.4 Å². The van der Waals surface area contributed by atoms with Gasteiger partial charge in [0.1, 0.15) is 33.5 Å². The number of hydrogen-bond acceptors (Lipinski definition) is 12. The average molecular weight is 679 g/mol. The molecule has 224 valence electrons. The minimum absolute atomic E-state index is 0. The maximum atomic E-state index is 11.5. The Morgan fingerprint density at radius 2 is 0.935 bits per heavy atom. The summed E-state index contributed by atoms with van der Waals surface area (Å²) in [5.41, 5.74) is 1.62. The summed E-state index contributed by atoms with van der Waals surface area (Å²) in [4.78, 5) is 66.7. The summed E-state index contributed by atoms with van der Waals surface area (Å²) >= 11 is 1.89. The minimum Gasteiger partial charge on any atom is -0.545 e. The quantitative estimate of drug-likeness (QED) is 0.174. The summed E-state index contributed by atoms with van der Waals surface area (Å²) in [5, 5.41) is 24.2. The Hall–Kier alpha value is -3.08. The number of carbonyl (C=O) groups is 6. The first kappa shape index (κ1) is 37.4. The van der Waals surface area contributed by atoms with Gasteiger partial charge in [0.25, 0.3) is 10.5 Å². The maximum Gasteiger partial charge on any atom is 1.00 e. The van der Waals surface area contributed by atoms with Crippen molar-refractivity contribution in [3.63, 3.8) is 0 Å². The first-order valence-corrected chi connectivity index (χ1v) is 14.7. The van der Waals surface area contributed by atoms with E-state index in [2.05, 4.69) is 10.6 Å². The number of carboxylic acid groups (broad SMARTS) is 2. The van der Waals surface area contributed by atoms with E-state index in [-0.39, 0.29) is 92.5 Å². The van der Waals surface area contributed by atoms with Gasteiger partial charge < -0.3 is 28.6 Å². The number of carboxylic acids is 2. The van der Waals surface area contributed by atoms with E-state index in [1.807, 2.05) is 0 Å². The number of furan rings is 2. The molecule has 4 heterocycles. The van der Waals surface area contributed by atoms with Crippen molar-refractivity contribution in [1.29, 1.82) is 0 Å². The van der Waals surface area contributed by atoms with Crippen molar-refractivity contribution in [2.45, 2.75) is 23.3 Å². The number of amides is 4. The van der Waals surface area contributed by atoms with Crippen LogP contribution >= 0.6 is 23.5 Å². The molecule has 2 aromatic heterocycles. The van der Waals surface area contributed by atoms with Crippen LogP contribution < -0.4 is 80.0 Å². The molecule has 0 aliphatic carbocycles. The molecular weight excluding hydrogens is 658 g/mol. The first-order chi connectivity index (χ1) is 21.0. The molecule has 46 heavy (non-hydrogen) atoms. The number of imide groups is 2. The number of nitrogens with one attached hydrogen (secondary N) is 2. The van der Waals surface area contributed by atoms with E-state index < -0.39 is 22.4 Å². The Balaban J connectivity index is 0.000000240. The predicted octanol–water partition coefficient (Wildman–Crippen LogP) is -3.58. The van der Waals surface area contributed by atoms with E-state index >= 15 is 0 Å². The molecule has 2 saturated heterocycles. The van der Waals surface area contributed by atoms with Gasteiger partial charge in [0, 0.05) is 24.0 Å². The van der Waals surface area contributed by atoms with Crippen LogP contribution in [0.15, 0.2) is 81.6 Å². The van der Waals surface area contributed by atoms with E-state index in [1.165, 1.54) is 24.3 Å². The van der Waals surface area contributed by atoms with Crippen LogP contribution in [0.5, 0.6) is 0 Å². The summed E-state index contributed by atoms with van der Waals surface area (Å²) in [6.45, 7) is 0. The van der Waals surface area contributed by atoms with Crippen LogP contribution in [-0.4, -0.2) is 44.7 Å². The van der Waals surface area contributed by atoms with Crippen LogP contribution in [0.25, 0.3) is 22.6 Å². The zero-order valence-corrected chi connectivity index (χ0v) is 30.0. The Labute approximate surface area is 314 Å². The standard InChI is InChI=1S/2C15H11NO5S.2Na/c2*17-13-12(22-15(20)16-13)7-10-5-6-11(21-10)8-1-3-9(4-2-8)14(18)19;;/h2*1-6,12H,7H2,(H,18,19)(H,16,17,20);;/q;;2*+1/p-2. The molecule has 2 aliphatic heterocycles. The van der Waals surface area contributed by atoms with Crippen LogP contribution in [0.4, 0.5) is 9.59 Å². The zero-order chi connectivity index (χ0) is 31.4. The normalized spacial score (nSPS) is 16.8. The van der Waals surface area contributed by atoms with Crippen molar-refractivity contribution in [3.8, 4) is 22.6 Å². The van der Waals surface area contributed by atoms with E-state index in [4.69, 9.17) is 8.83 Å². The van der Waals surface area contributed by atoms with Gasteiger partial charge in [-0.05, 0) is 35.4 Å². The van der Waals surface area contributed by atoms with Crippen LogP contribution in [0.2, 0.25) is 0 Å². The molecule has 2 N–H and O–H groups in total. The summed E-state index contributed by atoms with van der Waals surface area (Å²) < 4.78 is 11.3. The third kappa shape index (κ3) is 9.48. The number of rotatable bonds is 8. The van der Waals surface area contributed by atoms with Gasteiger partial charge in [-0.1, -0.05) is 72.1 Å². The summed E-state index contributed by atoms with van der Waals surface area (Å²) in [6, 6.07) is 19.2. The second-order valence-electron chi connectivity index (χ2n) is 9.44. The van der Waals surface area contributed by atoms with Crippen LogP contribution in [0.3, 0.4) is 0 Å². The predicted molar refractivity (Wildman–Crippen MR) is 154 cm³/mol. The second-order valence-corrected chi connectivity index (χ2v) is 11.8. The molecular formula is C30H20N2Na2O10S2. The molecule has 2 aromatic carbocycles. The van der Waals surface area contributed by atoms with Gasteiger partial charge in [0.05, 0.1) is 11.9 Å². The van der Waals surface area contributed by atoms with Gasteiger partial charge in [-0.25, -0.2) is 0 Å². The van der Waals surface area contributed by atoms with Crippen molar-refractivity contribution in [1.82, 2.24) is 10.6 Å². The first-order valence-electron chi connectivity index (χ1n) is 12.9. The molecule has 2 unspecified atom stereocenters. The average Bonchev–Trinajstić information content (AvgIpc) is 3.78. The Morgan fingerprint density at radius 3 is 1.22 bits per heavy atom. The fraction of sp³-hybridized carbons (Fsp3) is 0.133. The number of benzene rings is 2. The molecule has 2 fully saturated rings. The Morgan fingerprint density at radius 1 is 0.587 bits per heavy atom. The van der Waals surface area contributed by atoms with Crippen LogP contribution in [0, 0.1) is 0 Å². The van der Waals surface area contributed by atoms with E-state index in [0.29, 0.717) is 35.9 Å². The molecule has 2 atom stereocenters. The van der Waals surface area contributed by atoms with Gasteiger partial charge in [0.15, 0.2) is 0 Å². The number of aromatic carboxylic acids is 2. The van der Waals surface area contributed by atoms with Gasteiger partial charge in [0.2, 0.25) is 11.8 Å². The molecule has 6 rings (SSSR count). The fourth-order valence-electron chi connectivity index (χ4n) is 4.25. The molecule has 12 nitrogen and oxygen atoms in total. The number of thioether (sulfide) groups is 2. The molecule has 0 spiro atoms. The maximum absolute atomic E-state index is 11.5. The van der Waals surface area contributed by atoms with Gasteiger partial charge in [-0.2, -0.15) is 0 Å². The molecule has 4 aromatic rings. The molecule has 16 heteroatoms. The number of carbonyl (C=O) groups excluding carboxylic acids is 6. The van der Waals surface area contributed by atoms with Crippen molar-refractivity contribution >= 4 is 57.8 Å². The summed E-state index contributed by atoms with van der Waals surface area (Å²) in [7, 11) is 0. The molecule has 0 saturated carbocycles. The molecule has 4 amide bonds. The van der Waals surface area contributed by atoms with Crippen molar-refractivity contribution < 1.29 is 107 Å². The number of hydrogen-bond donors (Lipinski definition) is 2. The smallest absolute Gasteiger partial charge is 0.545 e. The SMILES string of the molecule is O=C1NC(=O)C(Cc2ccc(-c3ccc(C(=O)[O-])cc3)o2)S1.O=C1NC(=O)C(Cc2ccc(-c3ccc(C(=O)[O-])cc3)o2)S1.[Na+].[Na+]. The van der Waals surface area contributed by atoms with Crippen molar-refractivity contribution in [2.75, 3.05) is 0 Å². The third-order valence-electron chi connectivity index (χ3n) is 6.44. The van der Waals surface area contributed by atoms with Gasteiger partial charge in [-0.3, -0.25) is 29.8 Å². The minimum atomic E-state index is -1.24. The largest absolute Gasteiger partial charge is 1.00 e. The topological polar surface area (TPSA) is 199 Å². The van der Waals surface area contributed by atoms with Crippen molar-refractivity contribution in [3.05, 3.63) is 95.4 Å². The molecule has 0 bridgehead atoms. The van der Waals surface area contributed by atoms with Crippen molar-refractivity contribution in [2.24, 2.45) is 0 Å². The second kappa shape index (κ2) is 16.7. The van der Waals surface area contributed by atoms with E-state index in [9.17, 15) is 39.0 Å². The van der Waals surface area contributed by atoms with Gasteiger partial charge in [-0.15, -0.1) is 0 Å². The van der Waals surface area contributed by atoms with Crippen LogP contribution in [0.1, 0.15) is 32.2 Å². The monoisotopic (exact) mass is 678 g/mol. The van der Waals surface area contributed by atoms with Gasteiger partial charge >= 0.3 is 59.1 Å². The summed E-state index contributed by atoms with van der Waals surface area (Å²) in [6.07, 6.45) is 0.638. The van der Waals surface area contributed by atoms with E-state index in [0.717, 1.165) is 34.7 Å². The Bertz CT molecular complexity index is 1640. The van der Waals surface area contributed by atoms with E-state index in [1.54, 1.807) is 48.5 Å². The molecule has 0 radical (unpaired) electrons. The Kier molecular flexibility index (Phi) is 13.5. The zero-order valence-electron chi connectivity index (χ0n) is 24.4. The molecule has 2 aliphatic rings. The summed E-state index contributed by atoms with van der Waals surface area (Å²) in [5.74, 6) is -0.800. The fourth-order valence-corrected chi connectivity index (χ4v) is 5.91.